The highest BCUT2D eigenvalue weighted by Gasteiger charge is 2.20. The standard InChI is InChI=1S/C13H19FN2O3S/c1-9-7-11(14)8-10(2)13(9)20(18,19)15-6-5-12(17)16(3)4/h7-8,15H,5-6H2,1-4H3. The molecule has 0 bridgehead atoms. The van der Waals surface area contributed by atoms with Crippen LogP contribution < -0.4 is 4.72 Å². The van der Waals surface area contributed by atoms with Gasteiger partial charge < -0.3 is 4.90 Å². The van der Waals surface area contributed by atoms with Crippen molar-refractivity contribution in [1.29, 1.82) is 0 Å². The van der Waals surface area contributed by atoms with Gasteiger partial charge in [-0.05, 0) is 37.1 Å². The first-order chi connectivity index (χ1) is 9.15. The van der Waals surface area contributed by atoms with Crippen LogP contribution in [0.25, 0.3) is 0 Å². The summed E-state index contributed by atoms with van der Waals surface area (Å²) in [6.45, 7) is 3.08. The molecule has 1 N–H and O–H groups in total. The summed E-state index contributed by atoms with van der Waals surface area (Å²) >= 11 is 0. The van der Waals surface area contributed by atoms with Gasteiger partial charge in [0, 0.05) is 27.1 Å². The van der Waals surface area contributed by atoms with Gasteiger partial charge in [0.25, 0.3) is 0 Å². The Morgan fingerprint density at radius 1 is 1.25 bits per heavy atom. The third-order valence-corrected chi connectivity index (χ3v) is 4.59. The molecule has 0 aromatic heterocycles. The lowest BCUT2D eigenvalue weighted by molar-refractivity contribution is -0.128. The zero-order valence-corrected chi connectivity index (χ0v) is 12.8. The van der Waals surface area contributed by atoms with Crippen molar-refractivity contribution in [2.24, 2.45) is 0 Å². The number of carbonyl (C=O) groups excluding carboxylic acids is 1. The molecule has 0 unspecified atom stereocenters. The largest absolute Gasteiger partial charge is 0.349 e. The monoisotopic (exact) mass is 302 g/mol. The number of hydrogen-bond acceptors (Lipinski definition) is 3. The molecule has 0 fully saturated rings. The van der Waals surface area contributed by atoms with Crippen molar-refractivity contribution >= 4 is 15.9 Å². The van der Waals surface area contributed by atoms with Crippen LogP contribution in [0.2, 0.25) is 0 Å². The van der Waals surface area contributed by atoms with Crippen molar-refractivity contribution < 1.29 is 17.6 Å². The molecule has 1 aromatic rings. The van der Waals surface area contributed by atoms with Crippen LogP contribution in [-0.4, -0.2) is 39.9 Å². The fraction of sp³-hybridized carbons (Fsp3) is 0.462. The molecule has 0 radical (unpaired) electrons. The summed E-state index contributed by atoms with van der Waals surface area (Å²) < 4.78 is 39.9. The number of nitrogens with zero attached hydrogens (tertiary/aromatic N) is 1. The van der Waals surface area contributed by atoms with Crippen LogP contribution in [0.4, 0.5) is 4.39 Å². The fourth-order valence-electron chi connectivity index (χ4n) is 1.91. The highest BCUT2D eigenvalue weighted by molar-refractivity contribution is 7.89. The molecular formula is C13H19FN2O3S. The number of carbonyl (C=O) groups is 1. The molecule has 112 valence electrons. The Balaban J connectivity index is 2.88. The van der Waals surface area contributed by atoms with E-state index in [1.54, 1.807) is 14.1 Å². The van der Waals surface area contributed by atoms with E-state index >= 15 is 0 Å². The SMILES string of the molecule is Cc1cc(F)cc(C)c1S(=O)(=O)NCCC(=O)N(C)C. The number of nitrogens with one attached hydrogen (secondary N) is 1. The van der Waals surface area contributed by atoms with Gasteiger partial charge in [-0.3, -0.25) is 4.79 Å². The van der Waals surface area contributed by atoms with Crippen molar-refractivity contribution in [3.8, 4) is 0 Å². The van der Waals surface area contributed by atoms with Gasteiger partial charge in [-0.2, -0.15) is 0 Å². The highest BCUT2D eigenvalue weighted by Crippen LogP contribution is 2.21. The quantitative estimate of drug-likeness (QED) is 0.889. The van der Waals surface area contributed by atoms with E-state index in [-0.39, 0.29) is 23.8 Å². The third kappa shape index (κ3) is 4.01. The van der Waals surface area contributed by atoms with Gasteiger partial charge in [0.05, 0.1) is 4.90 Å². The molecule has 0 aliphatic rings. The first-order valence-electron chi connectivity index (χ1n) is 6.11. The van der Waals surface area contributed by atoms with Crippen molar-refractivity contribution in [3.63, 3.8) is 0 Å². The van der Waals surface area contributed by atoms with Gasteiger partial charge in [0.15, 0.2) is 0 Å². The van der Waals surface area contributed by atoms with E-state index in [9.17, 15) is 17.6 Å². The van der Waals surface area contributed by atoms with Crippen LogP contribution >= 0.6 is 0 Å². The second-order valence-electron chi connectivity index (χ2n) is 4.80. The van der Waals surface area contributed by atoms with Crippen LogP contribution in [0.3, 0.4) is 0 Å². The Hall–Kier alpha value is -1.47. The summed E-state index contributed by atoms with van der Waals surface area (Å²) in [4.78, 5) is 12.8. The van der Waals surface area contributed by atoms with E-state index < -0.39 is 15.8 Å². The molecule has 0 saturated heterocycles. The van der Waals surface area contributed by atoms with E-state index in [2.05, 4.69) is 4.72 Å². The number of benzene rings is 1. The smallest absolute Gasteiger partial charge is 0.241 e. The fourth-order valence-corrected chi connectivity index (χ4v) is 3.39. The number of rotatable bonds is 5. The molecule has 0 aliphatic heterocycles. The maximum atomic E-state index is 13.2. The van der Waals surface area contributed by atoms with Crippen molar-refractivity contribution in [1.82, 2.24) is 9.62 Å². The molecule has 1 amide bonds. The molecule has 20 heavy (non-hydrogen) atoms. The predicted molar refractivity (Wildman–Crippen MR) is 74.4 cm³/mol. The average molecular weight is 302 g/mol. The van der Waals surface area contributed by atoms with Crippen molar-refractivity contribution in [3.05, 3.63) is 29.1 Å². The zero-order chi connectivity index (χ0) is 15.5. The molecule has 7 heteroatoms. The van der Waals surface area contributed by atoms with Gasteiger partial charge in [-0.1, -0.05) is 0 Å². The Morgan fingerprint density at radius 3 is 2.20 bits per heavy atom. The normalized spacial score (nSPS) is 11.4. The van der Waals surface area contributed by atoms with Crippen LogP contribution in [0.5, 0.6) is 0 Å². The van der Waals surface area contributed by atoms with Gasteiger partial charge in [0.1, 0.15) is 5.82 Å². The summed E-state index contributed by atoms with van der Waals surface area (Å²) in [5.74, 6) is -0.637. The Kier molecular flexibility index (Phi) is 5.24. The molecule has 0 spiro atoms. The van der Waals surface area contributed by atoms with Gasteiger partial charge in [-0.15, -0.1) is 0 Å². The van der Waals surface area contributed by atoms with Crippen molar-refractivity contribution in [2.75, 3.05) is 20.6 Å². The van der Waals surface area contributed by atoms with E-state index in [1.807, 2.05) is 0 Å². The summed E-state index contributed by atoms with van der Waals surface area (Å²) in [5.41, 5.74) is 0.683. The minimum Gasteiger partial charge on any atom is -0.349 e. The van der Waals surface area contributed by atoms with Gasteiger partial charge in [0.2, 0.25) is 15.9 Å². The lowest BCUT2D eigenvalue weighted by atomic mass is 10.1. The number of halogens is 1. The minimum absolute atomic E-state index is 0.00953. The van der Waals surface area contributed by atoms with Crippen LogP contribution in [-0.2, 0) is 14.8 Å². The lowest BCUT2D eigenvalue weighted by Gasteiger charge is -2.13. The van der Waals surface area contributed by atoms with Gasteiger partial charge in [-0.25, -0.2) is 17.5 Å². The summed E-state index contributed by atoms with van der Waals surface area (Å²) in [5, 5.41) is 0. The molecule has 0 heterocycles. The van der Waals surface area contributed by atoms with Crippen LogP contribution in [0.15, 0.2) is 17.0 Å². The zero-order valence-electron chi connectivity index (χ0n) is 12.0. The Morgan fingerprint density at radius 2 is 1.75 bits per heavy atom. The number of aryl methyl sites for hydroxylation is 2. The lowest BCUT2D eigenvalue weighted by Crippen LogP contribution is -2.31. The van der Waals surface area contributed by atoms with Crippen molar-refractivity contribution in [2.45, 2.75) is 25.2 Å². The first-order valence-corrected chi connectivity index (χ1v) is 7.60. The number of amides is 1. The molecule has 0 aliphatic carbocycles. The average Bonchev–Trinajstić information content (AvgIpc) is 2.26. The van der Waals surface area contributed by atoms with E-state index in [1.165, 1.54) is 30.9 Å². The minimum atomic E-state index is -3.75. The van der Waals surface area contributed by atoms with E-state index in [4.69, 9.17) is 0 Å². The van der Waals surface area contributed by atoms with Crippen LogP contribution in [0.1, 0.15) is 17.5 Å². The first kappa shape index (κ1) is 16.6. The Labute approximate surface area is 118 Å². The topological polar surface area (TPSA) is 66.5 Å². The molecule has 0 saturated carbocycles. The number of hydrogen-bond donors (Lipinski definition) is 1. The molecule has 0 atom stereocenters. The molecule has 1 rings (SSSR count). The molecule has 5 nitrogen and oxygen atoms in total. The third-order valence-electron chi connectivity index (χ3n) is 2.82. The Bertz CT molecular complexity index is 589. The maximum Gasteiger partial charge on any atom is 0.241 e. The summed E-state index contributed by atoms with van der Waals surface area (Å²) in [6, 6.07) is 2.35. The second-order valence-corrected chi connectivity index (χ2v) is 6.51. The number of sulfonamides is 1. The maximum absolute atomic E-state index is 13.2. The van der Waals surface area contributed by atoms with Crippen LogP contribution in [0, 0.1) is 19.7 Å². The molecule has 1 aromatic carbocycles. The molecular weight excluding hydrogens is 283 g/mol. The van der Waals surface area contributed by atoms with E-state index in [0.717, 1.165) is 0 Å². The second kappa shape index (κ2) is 6.32. The summed E-state index contributed by atoms with van der Waals surface area (Å²) in [7, 11) is -0.543. The summed E-state index contributed by atoms with van der Waals surface area (Å²) in [6.07, 6.45) is 0.0749. The highest BCUT2D eigenvalue weighted by atomic mass is 32.2. The van der Waals surface area contributed by atoms with Gasteiger partial charge >= 0.3 is 0 Å². The predicted octanol–water partition coefficient (Wildman–Crippen LogP) is 1.20. The van der Waals surface area contributed by atoms with E-state index in [0.29, 0.717) is 11.1 Å².